The number of ketones is 1. The molecular weight excluding hydrogens is 1130 g/mol. The largest absolute Gasteiger partial charge is 0.493 e. The van der Waals surface area contributed by atoms with Crippen molar-refractivity contribution in [2.24, 2.45) is 17.3 Å². The first-order valence-electron chi connectivity index (χ1n) is 30.2. The fraction of sp³-hybridized carbons (Fsp3) is 0.545. The summed E-state index contributed by atoms with van der Waals surface area (Å²) in [4.78, 5) is 147. The Hall–Kier alpha value is -8.14. The molecule has 22 heteroatoms. The maximum atomic E-state index is 14.9. The summed E-state index contributed by atoms with van der Waals surface area (Å²) < 4.78 is 28.1. The Morgan fingerprint density at radius 3 is 2.09 bits per heavy atom. The van der Waals surface area contributed by atoms with E-state index in [0.29, 0.717) is 47.6 Å². The van der Waals surface area contributed by atoms with Gasteiger partial charge in [0.1, 0.15) is 42.9 Å². The van der Waals surface area contributed by atoms with Crippen LogP contribution in [0.5, 0.6) is 11.5 Å². The van der Waals surface area contributed by atoms with Crippen LogP contribution >= 0.6 is 0 Å². The average molecular weight is 1220 g/mol. The first-order valence-corrected chi connectivity index (χ1v) is 30.2. The van der Waals surface area contributed by atoms with Crippen LogP contribution in [0.4, 0.5) is 5.69 Å². The fourth-order valence-corrected chi connectivity index (χ4v) is 10.8. The molecule has 480 valence electrons. The van der Waals surface area contributed by atoms with E-state index in [0.717, 1.165) is 11.6 Å². The van der Waals surface area contributed by atoms with Crippen molar-refractivity contribution in [1.29, 1.82) is 0 Å². The molecule has 3 N–H and O–H groups in total. The van der Waals surface area contributed by atoms with Crippen LogP contribution in [0.25, 0.3) is 0 Å². The normalized spacial score (nSPS) is 22.6. The highest BCUT2D eigenvalue weighted by Gasteiger charge is 2.43. The summed E-state index contributed by atoms with van der Waals surface area (Å²) in [6.07, 6.45) is 3.49. The van der Waals surface area contributed by atoms with Crippen molar-refractivity contribution in [2.75, 3.05) is 74.1 Å². The third-order valence-corrected chi connectivity index (χ3v) is 15.8. The lowest BCUT2D eigenvalue weighted by atomic mass is 9.87. The van der Waals surface area contributed by atoms with Crippen LogP contribution in [0.2, 0.25) is 0 Å². The van der Waals surface area contributed by atoms with Crippen LogP contribution in [0.1, 0.15) is 122 Å². The van der Waals surface area contributed by atoms with Gasteiger partial charge in [-0.05, 0) is 118 Å². The zero-order valence-electron chi connectivity index (χ0n) is 53.2. The van der Waals surface area contributed by atoms with Crippen LogP contribution in [-0.4, -0.2) is 178 Å². The van der Waals surface area contributed by atoms with Gasteiger partial charge in [0.2, 0.25) is 41.2 Å². The predicted molar refractivity (Wildman–Crippen MR) is 329 cm³/mol. The number of nitrogens with zero attached hydrogens (tertiary/aromatic N) is 4. The van der Waals surface area contributed by atoms with Gasteiger partial charge in [-0.2, -0.15) is 0 Å². The number of cyclic esters (lactones) is 2. The first kappa shape index (κ1) is 70.6. The number of amides is 7. The highest BCUT2D eigenvalue weighted by molar-refractivity contribution is 6.38. The number of anilines is 1. The number of aryl methyl sites for hydroxylation is 1. The number of benzene rings is 3. The smallest absolute Gasteiger partial charge is 0.330 e. The summed E-state index contributed by atoms with van der Waals surface area (Å²) in [5.41, 5.74) is 0.855. The van der Waals surface area contributed by atoms with Gasteiger partial charge in [0.05, 0.1) is 19.6 Å². The van der Waals surface area contributed by atoms with Crippen molar-refractivity contribution < 1.29 is 71.6 Å². The van der Waals surface area contributed by atoms with Crippen molar-refractivity contribution in [2.45, 2.75) is 148 Å². The molecule has 2 aliphatic rings. The van der Waals surface area contributed by atoms with E-state index in [1.54, 1.807) is 68.4 Å². The van der Waals surface area contributed by atoms with E-state index in [2.05, 4.69) is 16.0 Å². The molecular formula is C66H91N7O15. The second-order valence-electron chi connectivity index (χ2n) is 24.0. The summed E-state index contributed by atoms with van der Waals surface area (Å²) in [5, 5.41) is 8.63. The molecule has 0 unspecified atom stereocenters. The Labute approximate surface area is 517 Å². The fourth-order valence-electron chi connectivity index (χ4n) is 10.8. The quantitative estimate of drug-likeness (QED) is 0.127. The van der Waals surface area contributed by atoms with E-state index in [4.69, 9.17) is 23.7 Å². The zero-order chi connectivity index (χ0) is 64.8. The number of piperidine rings is 1. The van der Waals surface area contributed by atoms with Gasteiger partial charge in [0.15, 0.2) is 11.5 Å². The number of carbonyl (C=O) groups is 10. The molecule has 0 aromatic heterocycles. The average Bonchev–Trinajstić information content (AvgIpc) is 1.45. The van der Waals surface area contributed by atoms with Crippen molar-refractivity contribution in [3.8, 4) is 11.5 Å². The summed E-state index contributed by atoms with van der Waals surface area (Å²) in [5.74, 6) is -6.31. The zero-order valence-corrected chi connectivity index (χ0v) is 53.2. The predicted octanol–water partition coefficient (Wildman–Crippen LogP) is 6.18. The van der Waals surface area contributed by atoms with Crippen LogP contribution in [0, 0.1) is 17.3 Å². The van der Waals surface area contributed by atoms with Gasteiger partial charge in [0, 0.05) is 79.0 Å². The molecule has 6 atom stereocenters. The Bertz CT molecular complexity index is 2950. The summed E-state index contributed by atoms with van der Waals surface area (Å²) in [6.45, 7) is 10.0. The van der Waals surface area contributed by atoms with Gasteiger partial charge in [0.25, 0.3) is 5.91 Å². The van der Waals surface area contributed by atoms with Gasteiger partial charge < -0.3 is 59.2 Å². The molecule has 2 bridgehead atoms. The molecule has 0 saturated carbocycles. The second-order valence-corrected chi connectivity index (χ2v) is 24.0. The number of rotatable bonds is 13. The lowest BCUT2D eigenvalue weighted by molar-refractivity contribution is -0.165. The summed E-state index contributed by atoms with van der Waals surface area (Å²) >= 11 is 0. The highest BCUT2D eigenvalue weighted by Crippen LogP contribution is 2.33. The molecule has 1 saturated heterocycles. The minimum Gasteiger partial charge on any atom is -0.493 e. The molecule has 0 aliphatic carbocycles. The van der Waals surface area contributed by atoms with Crippen LogP contribution < -0.4 is 25.4 Å². The first-order chi connectivity index (χ1) is 41.8. The molecule has 3 aromatic carbocycles. The number of ether oxygens (including phenoxy) is 5. The van der Waals surface area contributed by atoms with Crippen LogP contribution in [-0.2, 0) is 75.0 Å². The maximum absolute atomic E-state index is 14.9. The van der Waals surface area contributed by atoms with Crippen molar-refractivity contribution in [3.05, 3.63) is 102 Å². The van der Waals surface area contributed by atoms with E-state index < -0.39 is 113 Å². The Morgan fingerprint density at radius 1 is 0.716 bits per heavy atom. The summed E-state index contributed by atoms with van der Waals surface area (Å²) in [7, 11) is 8.98. The minimum atomic E-state index is -1.51. The van der Waals surface area contributed by atoms with Gasteiger partial charge in [-0.3, -0.25) is 38.4 Å². The molecule has 5 rings (SSSR count). The number of Topliss-reactive ketones (excluding diaryl/α,β-unsaturated/α-hetero) is 1. The van der Waals surface area contributed by atoms with Gasteiger partial charge in [-0.1, -0.05) is 82.3 Å². The van der Waals surface area contributed by atoms with Gasteiger partial charge in [-0.15, -0.1) is 0 Å². The Balaban J connectivity index is 1.50. The Kier molecular flexibility index (Phi) is 27.2. The lowest BCUT2D eigenvalue weighted by Crippen LogP contribution is -2.60. The highest BCUT2D eigenvalue weighted by atomic mass is 16.5. The molecule has 2 heterocycles. The monoisotopic (exact) mass is 1220 g/mol. The van der Waals surface area contributed by atoms with E-state index in [1.165, 1.54) is 82.0 Å². The van der Waals surface area contributed by atoms with Gasteiger partial charge >= 0.3 is 11.9 Å². The SMILES string of the molecule is COCC[C@@H]1NC(=O)[C@H](C(C)C)N(C)C(=O)[C@@H](Cc2ccccc2)NC(=O)[C@H](CC(C)C)N(C)C(=O)CCC(=O)Nc2cccc(c2)[C@@H](CCc2ccc(OC)c(OC)c2)OC(=O)[C@@H]2CCCCN2C(=O)C(=O)C(C)(C)COC(=O)C=CCCN(C)C1=O. The third kappa shape index (κ3) is 20.2. The van der Waals surface area contributed by atoms with Gasteiger partial charge in [-0.25, -0.2) is 9.59 Å². The number of likely N-dealkylation sites (N-methyl/N-ethyl adjacent to an activating group) is 3. The Morgan fingerprint density at radius 2 is 1.42 bits per heavy atom. The molecule has 0 spiro atoms. The molecule has 88 heavy (non-hydrogen) atoms. The molecule has 3 aromatic rings. The number of hydrogen-bond acceptors (Lipinski definition) is 15. The van der Waals surface area contributed by atoms with E-state index >= 15 is 0 Å². The second kappa shape index (κ2) is 33.8. The third-order valence-electron chi connectivity index (χ3n) is 15.8. The van der Waals surface area contributed by atoms with E-state index in [1.807, 2.05) is 32.0 Å². The molecule has 1 fully saturated rings. The molecule has 22 nitrogen and oxygen atoms in total. The van der Waals surface area contributed by atoms with E-state index in [9.17, 15) is 47.9 Å². The number of methoxy groups -OCH3 is 3. The summed E-state index contributed by atoms with van der Waals surface area (Å²) in [6, 6.07) is 15.5. The number of fused-ring (bicyclic) bond motifs is 3. The lowest BCUT2D eigenvalue weighted by Gasteiger charge is -2.36. The standard InChI is InChI=1S/C66H91N7O15/c1-42(2)37-51-60(78)69-49(38-44-21-14-13-15-22-44)63(81)72(9)58(43(3)4)61(79)68-48(33-36-84-10)62(80)70(7)34-18-17-26-57(76)87-41-66(5,6)59(77)64(82)73-35-19-16-25-50(73)65(83)88-52(29-27-45-28-30-53(85-11)54(39-45)86-12)46-23-20-24-47(40-46)67-55(74)31-32-56(75)71(51)8/h13-15,17,20-24,26,28,30,39-40,42-43,48-52,58H,16,18-19,25,27,29,31-38,41H2,1-12H3,(H,67,74)(H,68,79)(H,69,78)/t48-,49+,50-,51-,52+,58-/m0/s1. The number of esters is 2. The van der Waals surface area contributed by atoms with E-state index in [-0.39, 0.29) is 77.0 Å². The molecule has 7 amide bonds. The van der Waals surface area contributed by atoms with Crippen LogP contribution in [0.3, 0.4) is 0 Å². The maximum Gasteiger partial charge on any atom is 0.330 e. The number of hydrogen-bond donors (Lipinski definition) is 3. The number of carbonyl (C=O) groups excluding carboxylic acids is 10. The van der Waals surface area contributed by atoms with Crippen LogP contribution in [0.15, 0.2) is 84.9 Å². The van der Waals surface area contributed by atoms with Crippen molar-refractivity contribution in [3.63, 3.8) is 0 Å². The van der Waals surface area contributed by atoms with Crippen molar-refractivity contribution >= 4 is 64.8 Å². The topological polar surface area (TPSA) is 266 Å². The minimum absolute atomic E-state index is 0.0282. The molecule has 0 radical (unpaired) electrons. The number of nitrogens with one attached hydrogen (secondary N) is 3. The van der Waals surface area contributed by atoms with Crippen molar-refractivity contribution in [1.82, 2.24) is 30.2 Å². The molecule has 2 aliphatic heterocycles.